The minimum absolute atomic E-state index is 0.291. The zero-order chi connectivity index (χ0) is 14.1. The molecule has 20 heavy (non-hydrogen) atoms. The Balaban J connectivity index is 1.87. The van der Waals surface area contributed by atoms with Crippen LogP contribution in [0.3, 0.4) is 0 Å². The van der Waals surface area contributed by atoms with E-state index in [0.29, 0.717) is 40.8 Å². The molecule has 0 saturated heterocycles. The highest BCUT2D eigenvalue weighted by atomic mass is 16.4. The Morgan fingerprint density at radius 1 is 1.40 bits per heavy atom. The van der Waals surface area contributed by atoms with Crippen LogP contribution in [0, 0.1) is 5.92 Å². The predicted octanol–water partition coefficient (Wildman–Crippen LogP) is 3.41. The molecular formula is C16H19NO3. The van der Waals surface area contributed by atoms with Crippen LogP contribution in [0.4, 0.5) is 0 Å². The second kappa shape index (κ2) is 5.29. The van der Waals surface area contributed by atoms with Gasteiger partial charge in [-0.15, -0.1) is 0 Å². The van der Waals surface area contributed by atoms with Crippen LogP contribution in [0.2, 0.25) is 0 Å². The van der Waals surface area contributed by atoms with Crippen molar-refractivity contribution < 1.29 is 14.3 Å². The third-order valence-electron chi connectivity index (χ3n) is 4.27. The molecule has 1 aliphatic rings. The van der Waals surface area contributed by atoms with Crippen molar-refractivity contribution in [3.8, 4) is 0 Å². The van der Waals surface area contributed by atoms with Crippen molar-refractivity contribution in [1.29, 1.82) is 0 Å². The van der Waals surface area contributed by atoms with Gasteiger partial charge in [0.1, 0.15) is 16.9 Å². The molecule has 0 aliphatic heterocycles. The van der Waals surface area contributed by atoms with Gasteiger partial charge in [-0.05, 0) is 24.8 Å². The SMILES string of the molecule is CC1CCCC1NCc1oc2ccccc2c1C(=O)O. The molecule has 4 heteroatoms. The molecule has 0 spiro atoms. The molecular weight excluding hydrogens is 254 g/mol. The number of furan rings is 1. The summed E-state index contributed by atoms with van der Waals surface area (Å²) < 4.78 is 5.71. The number of hydrogen-bond donors (Lipinski definition) is 2. The van der Waals surface area contributed by atoms with Crippen LogP contribution in [0.5, 0.6) is 0 Å². The van der Waals surface area contributed by atoms with E-state index in [1.165, 1.54) is 12.8 Å². The normalized spacial score (nSPS) is 22.4. The standard InChI is InChI=1S/C16H19NO3/c1-10-5-4-7-12(10)17-9-14-15(16(18)19)11-6-2-3-8-13(11)20-14/h2-3,6,8,10,12,17H,4-5,7,9H2,1H3,(H,18,19). The minimum atomic E-state index is -0.925. The molecule has 0 radical (unpaired) electrons. The summed E-state index contributed by atoms with van der Waals surface area (Å²) in [6.45, 7) is 2.72. The summed E-state index contributed by atoms with van der Waals surface area (Å²) in [4.78, 5) is 11.5. The van der Waals surface area contributed by atoms with E-state index in [2.05, 4.69) is 12.2 Å². The topological polar surface area (TPSA) is 62.5 Å². The number of nitrogens with one attached hydrogen (secondary N) is 1. The fraction of sp³-hybridized carbons (Fsp3) is 0.438. The van der Waals surface area contributed by atoms with Gasteiger partial charge in [0.05, 0.1) is 6.54 Å². The van der Waals surface area contributed by atoms with Crippen molar-refractivity contribution in [2.24, 2.45) is 5.92 Å². The number of carboxylic acids is 1. The molecule has 106 valence electrons. The van der Waals surface area contributed by atoms with Crippen LogP contribution >= 0.6 is 0 Å². The molecule has 0 bridgehead atoms. The van der Waals surface area contributed by atoms with Crippen LogP contribution in [0.1, 0.15) is 42.3 Å². The number of carboxylic acid groups (broad SMARTS) is 1. The summed E-state index contributed by atoms with van der Waals surface area (Å²) in [6, 6.07) is 7.76. The number of para-hydroxylation sites is 1. The van der Waals surface area contributed by atoms with Crippen LogP contribution in [-0.2, 0) is 6.54 Å². The molecule has 1 saturated carbocycles. The summed E-state index contributed by atoms with van der Waals surface area (Å²) in [5.41, 5.74) is 0.930. The van der Waals surface area contributed by atoms with Crippen LogP contribution < -0.4 is 5.32 Å². The van der Waals surface area contributed by atoms with Gasteiger partial charge in [0.2, 0.25) is 0 Å². The third-order valence-corrected chi connectivity index (χ3v) is 4.27. The maximum atomic E-state index is 11.5. The quantitative estimate of drug-likeness (QED) is 0.896. The Labute approximate surface area is 117 Å². The van der Waals surface area contributed by atoms with Crippen molar-refractivity contribution >= 4 is 16.9 Å². The van der Waals surface area contributed by atoms with Gasteiger partial charge in [0, 0.05) is 11.4 Å². The van der Waals surface area contributed by atoms with E-state index in [1.807, 2.05) is 18.2 Å². The highest BCUT2D eigenvalue weighted by Gasteiger charge is 2.25. The smallest absolute Gasteiger partial charge is 0.339 e. The molecule has 2 aromatic rings. The van der Waals surface area contributed by atoms with Crippen LogP contribution in [0.25, 0.3) is 11.0 Å². The molecule has 1 fully saturated rings. The number of hydrogen-bond acceptors (Lipinski definition) is 3. The summed E-state index contributed by atoms with van der Waals surface area (Å²) in [7, 11) is 0. The van der Waals surface area contributed by atoms with E-state index in [0.717, 1.165) is 6.42 Å². The Hall–Kier alpha value is -1.81. The van der Waals surface area contributed by atoms with E-state index >= 15 is 0 Å². The molecule has 1 aromatic heterocycles. The second-order valence-corrected chi connectivity index (χ2v) is 5.60. The number of aromatic carboxylic acids is 1. The lowest BCUT2D eigenvalue weighted by Gasteiger charge is -2.16. The largest absolute Gasteiger partial charge is 0.478 e. The molecule has 2 N–H and O–H groups in total. The average Bonchev–Trinajstić information content (AvgIpc) is 2.99. The fourth-order valence-electron chi connectivity index (χ4n) is 3.13. The molecule has 1 aromatic carbocycles. The monoisotopic (exact) mass is 273 g/mol. The van der Waals surface area contributed by atoms with E-state index in [1.54, 1.807) is 6.07 Å². The lowest BCUT2D eigenvalue weighted by molar-refractivity contribution is 0.0696. The lowest BCUT2D eigenvalue weighted by Crippen LogP contribution is -2.30. The van der Waals surface area contributed by atoms with Crippen molar-refractivity contribution in [3.05, 3.63) is 35.6 Å². The molecule has 2 unspecified atom stereocenters. The first-order chi connectivity index (χ1) is 9.66. The highest BCUT2D eigenvalue weighted by molar-refractivity contribution is 6.03. The van der Waals surface area contributed by atoms with E-state index in [4.69, 9.17) is 4.42 Å². The van der Waals surface area contributed by atoms with Gasteiger partial charge in [-0.2, -0.15) is 0 Å². The van der Waals surface area contributed by atoms with Crippen molar-refractivity contribution in [3.63, 3.8) is 0 Å². The van der Waals surface area contributed by atoms with Crippen molar-refractivity contribution in [2.45, 2.75) is 38.8 Å². The number of carbonyl (C=O) groups is 1. The number of fused-ring (bicyclic) bond motifs is 1. The molecule has 3 rings (SSSR count). The van der Waals surface area contributed by atoms with E-state index in [-0.39, 0.29) is 0 Å². The van der Waals surface area contributed by atoms with Gasteiger partial charge in [0.15, 0.2) is 0 Å². The second-order valence-electron chi connectivity index (χ2n) is 5.60. The number of benzene rings is 1. The maximum Gasteiger partial charge on any atom is 0.339 e. The highest BCUT2D eigenvalue weighted by Crippen LogP contribution is 2.28. The van der Waals surface area contributed by atoms with Crippen LogP contribution in [-0.4, -0.2) is 17.1 Å². The minimum Gasteiger partial charge on any atom is -0.478 e. The molecule has 2 atom stereocenters. The first-order valence-electron chi connectivity index (χ1n) is 7.14. The Morgan fingerprint density at radius 3 is 2.90 bits per heavy atom. The van der Waals surface area contributed by atoms with Gasteiger partial charge in [-0.25, -0.2) is 4.79 Å². The first-order valence-corrected chi connectivity index (χ1v) is 7.14. The first kappa shape index (κ1) is 13.2. The summed E-state index contributed by atoms with van der Waals surface area (Å²) in [5.74, 6) is 0.247. The van der Waals surface area contributed by atoms with Gasteiger partial charge < -0.3 is 14.8 Å². The van der Waals surface area contributed by atoms with Crippen molar-refractivity contribution in [1.82, 2.24) is 5.32 Å². The molecule has 1 heterocycles. The van der Waals surface area contributed by atoms with Gasteiger partial charge in [-0.3, -0.25) is 0 Å². The van der Waals surface area contributed by atoms with Gasteiger partial charge in [0.25, 0.3) is 0 Å². The molecule has 1 aliphatic carbocycles. The average molecular weight is 273 g/mol. The van der Waals surface area contributed by atoms with E-state index in [9.17, 15) is 9.90 Å². The summed E-state index contributed by atoms with van der Waals surface area (Å²) in [5, 5.41) is 13.5. The van der Waals surface area contributed by atoms with Crippen molar-refractivity contribution in [2.75, 3.05) is 0 Å². The number of rotatable bonds is 4. The zero-order valence-corrected chi connectivity index (χ0v) is 11.6. The Morgan fingerprint density at radius 2 is 2.20 bits per heavy atom. The zero-order valence-electron chi connectivity index (χ0n) is 11.6. The van der Waals surface area contributed by atoms with E-state index < -0.39 is 5.97 Å². The summed E-state index contributed by atoms with van der Waals surface area (Å²) >= 11 is 0. The lowest BCUT2D eigenvalue weighted by atomic mass is 10.1. The predicted molar refractivity (Wildman–Crippen MR) is 76.8 cm³/mol. The Bertz CT molecular complexity index is 632. The fourth-order valence-corrected chi connectivity index (χ4v) is 3.13. The van der Waals surface area contributed by atoms with Crippen LogP contribution in [0.15, 0.2) is 28.7 Å². The molecule has 0 amide bonds. The Kier molecular flexibility index (Phi) is 3.49. The maximum absolute atomic E-state index is 11.5. The van der Waals surface area contributed by atoms with Gasteiger partial charge >= 0.3 is 5.97 Å². The van der Waals surface area contributed by atoms with Gasteiger partial charge in [-0.1, -0.05) is 31.5 Å². The molecule has 4 nitrogen and oxygen atoms in total. The summed E-state index contributed by atoms with van der Waals surface area (Å²) in [6.07, 6.45) is 3.64. The third kappa shape index (κ3) is 2.31.